The van der Waals surface area contributed by atoms with Crippen LogP contribution in [0.5, 0.6) is 0 Å². The summed E-state index contributed by atoms with van der Waals surface area (Å²) in [6, 6.07) is 6.39. The normalized spacial score (nSPS) is 22.1. The largest absolute Gasteiger partial charge is 0.387 e. The number of aryl methyl sites for hydroxylation is 1. The minimum Gasteiger partial charge on any atom is -0.387 e. The number of benzene rings is 1. The van der Waals surface area contributed by atoms with Crippen molar-refractivity contribution in [3.8, 4) is 0 Å². The number of aliphatic hydroxyl groups excluding tert-OH is 1. The highest BCUT2D eigenvalue weighted by Gasteiger charge is 2.26. The van der Waals surface area contributed by atoms with E-state index in [9.17, 15) is 5.11 Å². The first-order valence-corrected chi connectivity index (χ1v) is 6.25. The molecule has 3 rings (SSSR count). The monoisotopic (exact) mass is 230 g/mol. The van der Waals surface area contributed by atoms with Crippen LogP contribution in [0.2, 0.25) is 0 Å². The van der Waals surface area contributed by atoms with Crippen molar-refractivity contribution in [2.24, 2.45) is 0 Å². The Morgan fingerprint density at radius 1 is 1.41 bits per heavy atom. The number of hydrogen-bond acceptors (Lipinski definition) is 2. The smallest absolute Gasteiger partial charge is 0.0963 e. The summed E-state index contributed by atoms with van der Waals surface area (Å²) in [6.07, 6.45) is 3.75. The molecular formula is C14H18N2O. The number of aliphatic hydroxyl groups is 1. The SMILES string of the molecule is Cc1cccc2[nH]cc(C(O)C3CCCN3)c12. The number of H-pyrrole nitrogens is 1. The van der Waals surface area contributed by atoms with Gasteiger partial charge in [0.1, 0.15) is 0 Å². The van der Waals surface area contributed by atoms with Crippen LogP contribution >= 0.6 is 0 Å². The molecule has 2 atom stereocenters. The van der Waals surface area contributed by atoms with Crippen LogP contribution in [0.4, 0.5) is 0 Å². The number of aromatic amines is 1. The van der Waals surface area contributed by atoms with E-state index >= 15 is 0 Å². The van der Waals surface area contributed by atoms with Crippen LogP contribution < -0.4 is 5.32 Å². The van der Waals surface area contributed by atoms with E-state index in [1.54, 1.807) is 0 Å². The predicted molar refractivity (Wildman–Crippen MR) is 69.0 cm³/mol. The Bertz CT molecular complexity index is 526. The Hall–Kier alpha value is -1.32. The lowest BCUT2D eigenvalue weighted by Gasteiger charge is -2.18. The summed E-state index contributed by atoms with van der Waals surface area (Å²) in [7, 11) is 0. The highest BCUT2D eigenvalue weighted by molar-refractivity contribution is 5.86. The average Bonchev–Trinajstić information content (AvgIpc) is 2.98. The predicted octanol–water partition coefficient (Wildman–Crippen LogP) is 2.26. The van der Waals surface area contributed by atoms with Crippen LogP contribution in [-0.2, 0) is 0 Å². The van der Waals surface area contributed by atoms with Gasteiger partial charge in [-0.2, -0.15) is 0 Å². The van der Waals surface area contributed by atoms with E-state index in [2.05, 4.69) is 29.4 Å². The fraction of sp³-hybridized carbons (Fsp3) is 0.429. The quantitative estimate of drug-likeness (QED) is 0.741. The maximum atomic E-state index is 10.4. The van der Waals surface area contributed by atoms with Crippen molar-refractivity contribution in [1.82, 2.24) is 10.3 Å². The van der Waals surface area contributed by atoms with Crippen molar-refractivity contribution >= 4 is 10.9 Å². The molecule has 0 bridgehead atoms. The molecule has 3 heteroatoms. The van der Waals surface area contributed by atoms with Crippen molar-refractivity contribution < 1.29 is 5.11 Å². The first-order chi connectivity index (χ1) is 8.27. The van der Waals surface area contributed by atoms with Crippen LogP contribution in [0.1, 0.15) is 30.1 Å². The van der Waals surface area contributed by atoms with Gasteiger partial charge in [0.05, 0.1) is 6.10 Å². The molecule has 90 valence electrons. The minimum absolute atomic E-state index is 0.202. The molecule has 0 spiro atoms. The van der Waals surface area contributed by atoms with Crippen molar-refractivity contribution in [2.45, 2.75) is 31.9 Å². The van der Waals surface area contributed by atoms with Crippen molar-refractivity contribution in [1.29, 1.82) is 0 Å². The molecule has 1 saturated heterocycles. The summed E-state index contributed by atoms with van der Waals surface area (Å²) in [5, 5.41) is 15.0. The summed E-state index contributed by atoms with van der Waals surface area (Å²) < 4.78 is 0. The summed E-state index contributed by atoms with van der Waals surface area (Å²) in [4.78, 5) is 3.25. The second-order valence-electron chi connectivity index (χ2n) is 4.89. The zero-order chi connectivity index (χ0) is 11.8. The van der Waals surface area contributed by atoms with Gasteiger partial charge in [-0.1, -0.05) is 12.1 Å². The molecule has 0 radical (unpaired) electrons. The fourth-order valence-electron chi connectivity index (χ4n) is 2.83. The van der Waals surface area contributed by atoms with Crippen LogP contribution in [0, 0.1) is 6.92 Å². The second kappa shape index (κ2) is 4.17. The molecule has 2 heterocycles. The molecule has 2 aromatic rings. The molecule has 1 aliphatic heterocycles. The maximum absolute atomic E-state index is 10.4. The van der Waals surface area contributed by atoms with Crippen LogP contribution in [0.25, 0.3) is 10.9 Å². The van der Waals surface area contributed by atoms with Gasteiger partial charge in [0.25, 0.3) is 0 Å². The van der Waals surface area contributed by atoms with Gasteiger partial charge >= 0.3 is 0 Å². The highest BCUT2D eigenvalue weighted by atomic mass is 16.3. The third-order valence-electron chi connectivity index (χ3n) is 3.74. The van der Waals surface area contributed by atoms with Crippen molar-refractivity contribution in [2.75, 3.05) is 6.54 Å². The summed E-state index contributed by atoms with van der Waals surface area (Å²) >= 11 is 0. The number of nitrogens with one attached hydrogen (secondary N) is 2. The van der Waals surface area contributed by atoms with Gasteiger partial charge in [-0.15, -0.1) is 0 Å². The Labute approximate surface area is 101 Å². The van der Waals surface area contributed by atoms with Gasteiger partial charge in [-0.25, -0.2) is 0 Å². The van der Waals surface area contributed by atoms with E-state index in [1.165, 1.54) is 10.9 Å². The summed E-state index contributed by atoms with van der Waals surface area (Å²) in [6.45, 7) is 3.11. The van der Waals surface area contributed by atoms with Crippen LogP contribution in [0.15, 0.2) is 24.4 Å². The molecule has 0 saturated carbocycles. The van der Waals surface area contributed by atoms with E-state index in [4.69, 9.17) is 0 Å². The van der Waals surface area contributed by atoms with E-state index < -0.39 is 6.10 Å². The number of hydrogen-bond donors (Lipinski definition) is 3. The summed E-state index contributed by atoms with van der Waals surface area (Å²) in [5.74, 6) is 0. The molecule has 0 aliphatic carbocycles. The molecule has 1 aliphatic rings. The molecule has 1 aromatic carbocycles. The van der Waals surface area contributed by atoms with Crippen LogP contribution in [0.3, 0.4) is 0 Å². The van der Waals surface area contributed by atoms with Crippen molar-refractivity contribution in [3.63, 3.8) is 0 Å². The number of rotatable bonds is 2. The van der Waals surface area contributed by atoms with E-state index in [0.717, 1.165) is 30.5 Å². The lowest BCUT2D eigenvalue weighted by molar-refractivity contribution is 0.139. The zero-order valence-electron chi connectivity index (χ0n) is 10.0. The molecule has 3 nitrogen and oxygen atoms in total. The minimum atomic E-state index is -0.410. The fourth-order valence-corrected chi connectivity index (χ4v) is 2.83. The average molecular weight is 230 g/mol. The molecule has 3 N–H and O–H groups in total. The molecular weight excluding hydrogens is 212 g/mol. The van der Waals surface area contributed by atoms with E-state index in [-0.39, 0.29) is 6.04 Å². The Kier molecular flexibility index (Phi) is 2.65. The zero-order valence-corrected chi connectivity index (χ0v) is 10.0. The standard InChI is InChI=1S/C14H18N2O/c1-9-4-2-5-11-13(9)10(8-16-11)14(17)12-6-3-7-15-12/h2,4-5,8,12,14-17H,3,6-7H2,1H3. The number of fused-ring (bicyclic) bond motifs is 1. The van der Waals surface area contributed by atoms with E-state index in [0.29, 0.717) is 0 Å². The van der Waals surface area contributed by atoms with Gasteiger partial charge < -0.3 is 15.4 Å². The van der Waals surface area contributed by atoms with Crippen molar-refractivity contribution in [3.05, 3.63) is 35.5 Å². The molecule has 2 unspecified atom stereocenters. The second-order valence-corrected chi connectivity index (χ2v) is 4.89. The lowest BCUT2D eigenvalue weighted by Crippen LogP contribution is -2.28. The van der Waals surface area contributed by atoms with Gasteiger partial charge in [0, 0.05) is 28.7 Å². The third kappa shape index (κ3) is 1.75. The third-order valence-corrected chi connectivity index (χ3v) is 3.74. The van der Waals surface area contributed by atoms with Gasteiger partial charge in [0.15, 0.2) is 0 Å². The Morgan fingerprint density at radius 3 is 3.06 bits per heavy atom. The van der Waals surface area contributed by atoms with E-state index in [1.807, 2.05) is 12.3 Å². The maximum Gasteiger partial charge on any atom is 0.0963 e. The highest BCUT2D eigenvalue weighted by Crippen LogP contribution is 2.30. The molecule has 1 aromatic heterocycles. The topological polar surface area (TPSA) is 48.0 Å². The summed E-state index contributed by atoms with van der Waals surface area (Å²) in [5.41, 5.74) is 3.35. The van der Waals surface area contributed by atoms with Crippen LogP contribution in [-0.4, -0.2) is 22.7 Å². The molecule has 1 fully saturated rings. The molecule has 17 heavy (non-hydrogen) atoms. The first-order valence-electron chi connectivity index (χ1n) is 6.25. The van der Waals surface area contributed by atoms with Gasteiger partial charge in [-0.05, 0) is 37.9 Å². The Balaban J connectivity index is 2.04. The number of aromatic nitrogens is 1. The van der Waals surface area contributed by atoms with Gasteiger partial charge in [-0.3, -0.25) is 0 Å². The molecule has 0 amide bonds. The lowest BCUT2D eigenvalue weighted by atomic mass is 9.98. The first kappa shape index (κ1) is 10.8. The Morgan fingerprint density at radius 2 is 2.29 bits per heavy atom. The van der Waals surface area contributed by atoms with Gasteiger partial charge in [0.2, 0.25) is 0 Å².